The van der Waals surface area contributed by atoms with Gasteiger partial charge < -0.3 is 5.32 Å². The van der Waals surface area contributed by atoms with E-state index in [1.54, 1.807) is 31.2 Å². The summed E-state index contributed by atoms with van der Waals surface area (Å²) in [6.45, 7) is 1.95. The maximum absolute atomic E-state index is 14.0. The van der Waals surface area contributed by atoms with Gasteiger partial charge in [-0.2, -0.15) is 0 Å². The van der Waals surface area contributed by atoms with Crippen molar-refractivity contribution >= 4 is 21.6 Å². The molecular formula is C20H22F2N2O3S. The fourth-order valence-corrected chi connectivity index (χ4v) is 4.67. The molecule has 1 aliphatic rings. The van der Waals surface area contributed by atoms with Gasteiger partial charge in [0.2, 0.25) is 15.9 Å². The van der Waals surface area contributed by atoms with E-state index in [2.05, 4.69) is 5.32 Å². The van der Waals surface area contributed by atoms with Crippen molar-refractivity contribution in [1.82, 2.24) is 4.31 Å². The first kappa shape index (κ1) is 20.4. The van der Waals surface area contributed by atoms with Gasteiger partial charge >= 0.3 is 0 Å². The van der Waals surface area contributed by atoms with Crippen LogP contribution in [-0.2, 0) is 20.2 Å². The number of nitrogens with zero attached hydrogens (tertiary/aromatic N) is 1. The third-order valence-corrected chi connectivity index (χ3v) is 7.15. The number of halogens is 2. The topological polar surface area (TPSA) is 66.5 Å². The summed E-state index contributed by atoms with van der Waals surface area (Å²) >= 11 is 0. The van der Waals surface area contributed by atoms with Gasteiger partial charge in [0, 0.05) is 19.2 Å². The lowest BCUT2D eigenvalue weighted by atomic mass is 9.72. The van der Waals surface area contributed by atoms with Gasteiger partial charge in [0.25, 0.3) is 0 Å². The van der Waals surface area contributed by atoms with Crippen molar-refractivity contribution in [2.45, 2.75) is 25.2 Å². The third kappa shape index (κ3) is 3.93. The molecule has 1 heterocycles. The summed E-state index contributed by atoms with van der Waals surface area (Å²) in [4.78, 5) is 13.2. The number of carbonyl (C=O) groups is 1. The molecule has 0 unspecified atom stereocenters. The van der Waals surface area contributed by atoms with Crippen molar-refractivity contribution in [2.75, 3.05) is 24.2 Å². The van der Waals surface area contributed by atoms with Gasteiger partial charge in [0.1, 0.15) is 11.6 Å². The van der Waals surface area contributed by atoms with Gasteiger partial charge in [0.15, 0.2) is 0 Å². The van der Waals surface area contributed by atoms with Gasteiger partial charge in [0.05, 0.1) is 16.9 Å². The molecule has 0 radical (unpaired) electrons. The lowest BCUT2D eigenvalue weighted by molar-refractivity contribution is -0.123. The molecule has 0 aliphatic carbocycles. The molecule has 2 aromatic carbocycles. The van der Waals surface area contributed by atoms with E-state index in [0.717, 1.165) is 23.8 Å². The van der Waals surface area contributed by atoms with Crippen LogP contribution >= 0.6 is 0 Å². The number of piperidine rings is 1. The Hall–Kier alpha value is -2.32. The zero-order chi connectivity index (χ0) is 20.4. The van der Waals surface area contributed by atoms with Crippen LogP contribution in [0, 0.1) is 11.6 Å². The summed E-state index contributed by atoms with van der Waals surface area (Å²) in [6, 6.07) is 11.9. The smallest absolute Gasteiger partial charge is 0.235 e. The van der Waals surface area contributed by atoms with E-state index in [1.807, 2.05) is 6.07 Å². The number of benzene rings is 2. The summed E-state index contributed by atoms with van der Waals surface area (Å²) < 4.78 is 53.2. The van der Waals surface area contributed by atoms with Crippen molar-refractivity contribution in [2.24, 2.45) is 0 Å². The number of hydrogen-bond acceptors (Lipinski definition) is 3. The first-order valence-electron chi connectivity index (χ1n) is 9.08. The molecule has 0 bridgehead atoms. The van der Waals surface area contributed by atoms with E-state index in [0.29, 0.717) is 0 Å². The number of nitrogens with one attached hydrogen (secondary N) is 1. The summed E-state index contributed by atoms with van der Waals surface area (Å²) in [5.41, 5.74) is -0.540. The highest BCUT2D eigenvalue weighted by atomic mass is 32.2. The minimum Gasteiger partial charge on any atom is -0.323 e. The number of anilines is 1. The molecule has 28 heavy (non-hydrogen) atoms. The molecule has 5 nitrogen and oxygen atoms in total. The molecule has 1 fully saturated rings. The molecular weight excluding hydrogens is 386 g/mol. The first-order chi connectivity index (χ1) is 13.3. The second-order valence-electron chi connectivity index (χ2n) is 6.83. The Morgan fingerprint density at radius 3 is 2.36 bits per heavy atom. The van der Waals surface area contributed by atoms with Crippen LogP contribution in [0.4, 0.5) is 14.5 Å². The van der Waals surface area contributed by atoms with Crippen LogP contribution in [0.15, 0.2) is 48.5 Å². The fourth-order valence-electron chi connectivity index (χ4n) is 3.57. The molecule has 1 aliphatic heterocycles. The van der Waals surface area contributed by atoms with Gasteiger partial charge in [-0.05, 0) is 37.5 Å². The van der Waals surface area contributed by atoms with E-state index in [-0.39, 0.29) is 37.4 Å². The van der Waals surface area contributed by atoms with Crippen molar-refractivity contribution < 1.29 is 22.0 Å². The van der Waals surface area contributed by atoms with Crippen LogP contribution in [0.25, 0.3) is 0 Å². The summed E-state index contributed by atoms with van der Waals surface area (Å²) in [5, 5.41) is 2.51. The average Bonchev–Trinajstić information content (AvgIpc) is 2.71. The molecule has 0 atom stereocenters. The lowest BCUT2D eigenvalue weighted by Gasteiger charge is -2.40. The zero-order valence-electron chi connectivity index (χ0n) is 15.5. The monoisotopic (exact) mass is 408 g/mol. The number of carbonyl (C=O) groups excluding carboxylic acids is 1. The molecule has 0 aromatic heterocycles. The second-order valence-corrected chi connectivity index (χ2v) is 9.08. The van der Waals surface area contributed by atoms with Gasteiger partial charge in [-0.15, -0.1) is 0 Å². The van der Waals surface area contributed by atoms with Crippen LogP contribution in [0.3, 0.4) is 0 Å². The summed E-state index contributed by atoms with van der Waals surface area (Å²) in [5.74, 6) is -1.87. The highest BCUT2D eigenvalue weighted by Crippen LogP contribution is 2.38. The molecule has 1 saturated heterocycles. The standard InChI is InChI=1S/C20H22F2N2O3S/c1-2-28(26,27)24-12-10-20(11-13-24,15-6-4-3-5-7-15)19(25)23-18-14-16(21)8-9-17(18)22/h3-9,14H,2,10-13H2,1H3,(H,23,25). The van der Waals surface area contributed by atoms with Crippen LogP contribution in [-0.4, -0.2) is 37.5 Å². The maximum Gasteiger partial charge on any atom is 0.235 e. The minimum atomic E-state index is -3.36. The normalized spacial score (nSPS) is 17.2. The Labute approximate surface area is 163 Å². The van der Waals surface area contributed by atoms with Crippen LogP contribution in [0.5, 0.6) is 0 Å². The first-order valence-corrected chi connectivity index (χ1v) is 10.7. The quantitative estimate of drug-likeness (QED) is 0.826. The average molecular weight is 408 g/mol. The Morgan fingerprint density at radius 2 is 1.75 bits per heavy atom. The molecule has 1 N–H and O–H groups in total. The molecule has 150 valence electrons. The second kappa shape index (κ2) is 7.97. The molecule has 8 heteroatoms. The Morgan fingerprint density at radius 1 is 1.11 bits per heavy atom. The molecule has 0 saturated carbocycles. The van der Waals surface area contributed by atoms with E-state index >= 15 is 0 Å². The van der Waals surface area contributed by atoms with Crippen LogP contribution in [0.1, 0.15) is 25.3 Å². The number of amides is 1. The number of rotatable bonds is 5. The molecule has 2 aromatic rings. The largest absolute Gasteiger partial charge is 0.323 e. The Balaban J connectivity index is 1.93. The van der Waals surface area contributed by atoms with E-state index in [4.69, 9.17) is 0 Å². The van der Waals surface area contributed by atoms with E-state index in [9.17, 15) is 22.0 Å². The predicted octanol–water partition coefficient (Wildman–Crippen LogP) is 3.29. The SMILES string of the molecule is CCS(=O)(=O)N1CCC(C(=O)Nc2cc(F)ccc2F)(c2ccccc2)CC1. The fraction of sp³-hybridized carbons (Fsp3) is 0.350. The van der Waals surface area contributed by atoms with E-state index in [1.165, 1.54) is 4.31 Å². The van der Waals surface area contributed by atoms with Gasteiger partial charge in [-0.25, -0.2) is 21.5 Å². The third-order valence-electron chi connectivity index (χ3n) is 5.27. The Kier molecular flexibility index (Phi) is 5.81. The maximum atomic E-state index is 14.0. The van der Waals surface area contributed by atoms with Crippen LogP contribution < -0.4 is 5.32 Å². The van der Waals surface area contributed by atoms with Crippen molar-refractivity contribution in [3.05, 3.63) is 65.7 Å². The highest BCUT2D eigenvalue weighted by molar-refractivity contribution is 7.89. The highest BCUT2D eigenvalue weighted by Gasteiger charge is 2.44. The van der Waals surface area contributed by atoms with E-state index < -0.39 is 33.0 Å². The molecule has 3 rings (SSSR count). The minimum absolute atomic E-state index is 0.00790. The van der Waals surface area contributed by atoms with Crippen LogP contribution in [0.2, 0.25) is 0 Å². The predicted molar refractivity (Wildman–Crippen MR) is 103 cm³/mol. The Bertz CT molecular complexity index is 957. The van der Waals surface area contributed by atoms with Crippen molar-refractivity contribution in [3.63, 3.8) is 0 Å². The van der Waals surface area contributed by atoms with Gasteiger partial charge in [-0.3, -0.25) is 4.79 Å². The zero-order valence-corrected chi connectivity index (χ0v) is 16.3. The van der Waals surface area contributed by atoms with Crippen molar-refractivity contribution in [1.29, 1.82) is 0 Å². The number of sulfonamides is 1. The summed E-state index contributed by atoms with van der Waals surface area (Å²) in [6.07, 6.45) is 0.498. The lowest BCUT2D eigenvalue weighted by Crippen LogP contribution is -2.51. The summed E-state index contributed by atoms with van der Waals surface area (Å²) in [7, 11) is -3.36. The molecule has 0 spiro atoms. The van der Waals surface area contributed by atoms with Gasteiger partial charge in [-0.1, -0.05) is 30.3 Å². The molecule has 1 amide bonds. The number of hydrogen-bond donors (Lipinski definition) is 1. The van der Waals surface area contributed by atoms with Crippen molar-refractivity contribution in [3.8, 4) is 0 Å².